The molecule has 0 heterocycles. The van der Waals surface area contributed by atoms with Crippen LogP contribution >= 0.6 is 0 Å². The van der Waals surface area contributed by atoms with Gasteiger partial charge in [0.2, 0.25) is 0 Å². The topological polar surface area (TPSA) is 0 Å². The quantitative estimate of drug-likeness (QED) is 0.585. The zero-order chi connectivity index (χ0) is 11.6. The number of rotatable bonds is 3. The Morgan fingerprint density at radius 3 is 1.71 bits per heavy atom. The summed E-state index contributed by atoms with van der Waals surface area (Å²) in [6, 6.07) is 0. The first kappa shape index (κ1) is 14.0. The molecule has 0 bridgehead atoms. The van der Waals surface area contributed by atoms with Gasteiger partial charge in [-0.25, -0.2) is 0 Å². The lowest BCUT2D eigenvalue weighted by Gasteiger charge is -2.34. The predicted octanol–water partition coefficient (Wildman–Crippen LogP) is 4.88. The van der Waals surface area contributed by atoms with Crippen LogP contribution < -0.4 is 0 Å². The minimum atomic E-state index is -1.19. The zero-order valence-electron chi connectivity index (χ0n) is 11.3. The zero-order valence-corrected chi connectivity index (χ0v) is 12.3. The molecule has 0 fully saturated rings. The fourth-order valence-electron chi connectivity index (χ4n) is 0.865. The summed E-state index contributed by atoms with van der Waals surface area (Å²) in [7, 11) is -1.19. The molecule has 0 radical (unpaired) electrons. The van der Waals surface area contributed by atoms with Crippen LogP contribution in [0.25, 0.3) is 0 Å². The second-order valence-corrected chi connectivity index (χ2v) is 11.7. The smallest absolute Gasteiger partial charge is 0.0766 e. The van der Waals surface area contributed by atoms with Gasteiger partial charge in [-0.1, -0.05) is 66.4 Å². The van der Waals surface area contributed by atoms with Crippen LogP contribution in [0.3, 0.4) is 0 Å². The Balaban J connectivity index is 4.51. The van der Waals surface area contributed by atoms with Crippen LogP contribution in [0.15, 0.2) is 11.8 Å². The lowest BCUT2D eigenvalue weighted by Crippen LogP contribution is -2.35. The van der Waals surface area contributed by atoms with Gasteiger partial charge >= 0.3 is 0 Å². The summed E-state index contributed by atoms with van der Waals surface area (Å²) < 4.78 is 0. The summed E-state index contributed by atoms with van der Waals surface area (Å²) in [6.45, 7) is 18.9. The molecular formula is C13H28Si. The lowest BCUT2D eigenvalue weighted by molar-refractivity contribution is 0.504. The maximum absolute atomic E-state index is 2.53. The average Bonchev–Trinajstić information content (AvgIpc) is 1.97. The van der Waals surface area contributed by atoms with Crippen molar-refractivity contribution < 1.29 is 0 Å². The number of allylic oxidation sites excluding steroid dienone is 1. The predicted molar refractivity (Wildman–Crippen MR) is 70.3 cm³/mol. The fraction of sp³-hybridized carbons (Fsp3) is 0.846. The largest absolute Gasteiger partial charge is 0.0979 e. The Morgan fingerprint density at radius 2 is 1.43 bits per heavy atom. The molecule has 0 N–H and O–H groups in total. The third kappa shape index (κ3) is 3.99. The minimum absolute atomic E-state index is 0.472. The molecule has 0 aliphatic heterocycles. The highest BCUT2D eigenvalue weighted by Crippen LogP contribution is 2.37. The summed E-state index contributed by atoms with van der Waals surface area (Å²) in [5, 5.41) is 0.472. The molecule has 0 aromatic rings. The molecule has 0 aromatic carbocycles. The standard InChI is InChI=1S/C13H28Si/c1-11(2)12(3)9-10-14(7,8)13(4,5)6/h9-12H,1-8H3/b10-9+/t12-/m0/s1. The van der Waals surface area contributed by atoms with Crippen LogP contribution in [0.1, 0.15) is 41.5 Å². The Hall–Kier alpha value is -0.0431. The maximum Gasteiger partial charge on any atom is 0.0766 e. The van der Waals surface area contributed by atoms with E-state index in [1.165, 1.54) is 0 Å². The lowest BCUT2D eigenvalue weighted by atomic mass is 9.99. The van der Waals surface area contributed by atoms with Crippen molar-refractivity contribution in [1.82, 2.24) is 0 Å². The van der Waals surface area contributed by atoms with Gasteiger partial charge in [0.05, 0.1) is 8.07 Å². The first-order valence-electron chi connectivity index (χ1n) is 5.77. The molecule has 0 saturated carbocycles. The van der Waals surface area contributed by atoms with E-state index in [9.17, 15) is 0 Å². The highest BCUT2D eigenvalue weighted by molar-refractivity contribution is 6.84. The average molecular weight is 212 g/mol. The molecule has 0 unspecified atom stereocenters. The third-order valence-corrected chi connectivity index (χ3v) is 8.69. The fourth-order valence-corrected chi connectivity index (χ4v) is 2.15. The van der Waals surface area contributed by atoms with Crippen molar-refractivity contribution in [3.63, 3.8) is 0 Å². The second-order valence-electron chi connectivity index (χ2n) is 6.43. The molecule has 0 rings (SSSR count). The SMILES string of the molecule is CC(C)[C@@H](C)/C=C/[Si](C)(C)C(C)(C)C. The molecule has 0 aliphatic carbocycles. The first-order valence-corrected chi connectivity index (χ1v) is 8.85. The van der Waals surface area contributed by atoms with Crippen molar-refractivity contribution >= 4 is 8.07 Å². The van der Waals surface area contributed by atoms with Crippen molar-refractivity contribution in [1.29, 1.82) is 0 Å². The van der Waals surface area contributed by atoms with Crippen molar-refractivity contribution in [2.45, 2.75) is 59.7 Å². The molecule has 0 saturated heterocycles. The van der Waals surface area contributed by atoms with Gasteiger partial charge in [-0.05, 0) is 16.9 Å². The monoisotopic (exact) mass is 212 g/mol. The minimum Gasteiger partial charge on any atom is -0.0979 e. The molecular weight excluding hydrogens is 184 g/mol. The van der Waals surface area contributed by atoms with Gasteiger partial charge in [0.15, 0.2) is 0 Å². The van der Waals surface area contributed by atoms with Crippen LogP contribution in [-0.4, -0.2) is 8.07 Å². The van der Waals surface area contributed by atoms with Crippen LogP contribution in [0.4, 0.5) is 0 Å². The van der Waals surface area contributed by atoms with E-state index >= 15 is 0 Å². The van der Waals surface area contributed by atoms with Gasteiger partial charge < -0.3 is 0 Å². The van der Waals surface area contributed by atoms with Gasteiger partial charge in [0.1, 0.15) is 0 Å². The van der Waals surface area contributed by atoms with Crippen molar-refractivity contribution in [3.8, 4) is 0 Å². The first-order chi connectivity index (χ1) is 6.08. The van der Waals surface area contributed by atoms with Gasteiger partial charge in [-0.3, -0.25) is 0 Å². The summed E-state index contributed by atoms with van der Waals surface area (Å²) in [5.41, 5.74) is 2.53. The highest BCUT2D eigenvalue weighted by atomic mass is 28.3. The van der Waals surface area contributed by atoms with E-state index in [1.54, 1.807) is 0 Å². The summed E-state index contributed by atoms with van der Waals surface area (Å²) in [5.74, 6) is 1.47. The normalized spacial score (nSPS) is 16.6. The molecule has 0 amide bonds. The summed E-state index contributed by atoms with van der Waals surface area (Å²) in [4.78, 5) is 0. The molecule has 0 spiro atoms. The molecule has 0 aromatic heterocycles. The van der Waals surface area contributed by atoms with E-state index < -0.39 is 8.07 Å². The van der Waals surface area contributed by atoms with Gasteiger partial charge in [0, 0.05) is 0 Å². The van der Waals surface area contributed by atoms with E-state index in [1.807, 2.05) is 0 Å². The number of hydrogen-bond donors (Lipinski definition) is 0. The Labute approximate surface area is 91.8 Å². The molecule has 0 nitrogen and oxygen atoms in total. The Kier molecular flexibility index (Phi) is 4.64. The van der Waals surface area contributed by atoms with E-state index in [0.717, 1.165) is 5.92 Å². The van der Waals surface area contributed by atoms with E-state index in [-0.39, 0.29) is 0 Å². The van der Waals surface area contributed by atoms with Crippen LogP contribution in [0, 0.1) is 11.8 Å². The van der Waals surface area contributed by atoms with Crippen molar-refractivity contribution in [2.24, 2.45) is 11.8 Å². The van der Waals surface area contributed by atoms with E-state index in [2.05, 4.69) is 66.4 Å². The maximum atomic E-state index is 2.53. The van der Waals surface area contributed by atoms with Crippen LogP contribution in [-0.2, 0) is 0 Å². The Morgan fingerprint density at radius 1 is 1.00 bits per heavy atom. The molecule has 14 heavy (non-hydrogen) atoms. The van der Waals surface area contributed by atoms with Gasteiger partial charge in [-0.15, -0.1) is 0 Å². The molecule has 84 valence electrons. The summed E-state index contributed by atoms with van der Waals surface area (Å²) >= 11 is 0. The van der Waals surface area contributed by atoms with Crippen LogP contribution in [0.2, 0.25) is 18.1 Å². The van der Waals surface area contributed by atoms with E-state index in [0.29, 0.717) is 11.0 Å². The van der Waals surface area contributed by atoms with Crippen molar-refractivity contribution in [2.75, 3.05) is 0 Å². The van der Waals surface area contributed by atoms with Crippen molar-refractivity contribution in [3.05, 3.63) is 11.8 Å². The second kappa shape index (κ2) is 4.65. The third-order valence-electron chi connectivity index (χ3n) is 3.80. The number of hydrogen-bond acceptors (Lipinski definition) is 0. The highest BCUT2D eigenvalue weighted by Gasteiger charge is 2.32. The summed E-state index contributed by atoms with van der Waals surface area (Å²) in [6.07, 6.45) is 2.43. The van der Waals surface area contributed by atoms with Crippen LogP contribution in [0.5, 0.6) is 0 Å². The van der Waals surface area contributed by atoms with E-state index in [4.69, 9.17) is 0 Å². The molecule has 1 atom stereocenters. The Bertz CT molecular complexity index is 194. The molecule has 0 aliphatic rings. The van der Waals surface area contributed by atoms with Gasteiger partial charge in [-0.2, -0.15) is 0 Å². The molecule has 1 heteroatoms. The van der Waals surface area contributed by atoms with Gasteiger partial charge in [0.25, 0.3) is 0 Å².